The number of benzene rings is 2. The number of aromatic nitrogens is 1. The molecule has 5 rings (SSSR count). The largest absolute Gasteiger partial charge is 0.445 e. The number of aryl methyl sites for hydroxylation is 4. The third-order valence-corrected chi connectivity index (χ3v) is 10.5. The Kier molecular flexibility index (Phi) is 9.03. The number of likely N-dealkylation sites (tertiary alicyclic amines) is 1. The van der Waals surface area contributed by atoms with Crippen LogP contribution in [0.25, 0.3) is 0 Å². The lowest BCUT2D eigenvalue weighted by Gasteiger charge is -2.37. The first-order chi connectivity index (χ1) is 20.9. The van der Waals surface area contributed by atoms with Crippen molar-refractivity contribution in [2.45, 2.75) is 64.3 Å². The highest BCUT2D eigenvalue weighted by atomic mass is 35.5. The zero-order chi connectivity index (χ0) is 31.8. The predicted molar refractivity (Wildman–Crippen MR) is 166 cm³/mol. The summed E-state index contributed by atoms with van der Waals surface area (Å²) in [5.41, 5.74) is 1.87. The number of hydrogen-bond donors (Lipinski definition) is 2. The van der Waals surface area contributed by atoms with Crippen molar-refractivity contribution in [3.05, 3.63) is 69.9 Å². The summed E-state index contributed by atoms with van der Waals surface area (Å²) in [6.07, 6.45) is 1.91. The van der Waals surface area contributed by atoms with E-state index >= 15 is 0 Å². The van der Waals surface area contributed by atoms with Crippen LogP contribution in [-0.2, 0) is 19.6 Å². The van der Waals surface area contributed by atoms with Gasteiger partial charge in [-0.3, -0.25) is 18.7 Å². The van der Waals surface area contributed by atoms with Gasteiger partial charge in [-0.1, -0.05) is 23.7 Å². The van der Waals surface area contributed by atoms with Crippen LogP contribution in [0.1, 0.15) is 58.9 Å². The Morgan fingerprint density at radius 2 is 1.75 bits per heavy atom. The first-order valence-corrected chi connectivity index (χ1v) is 16.4. The Labute approximate surface area is 262 Å². The van der Waals surface area contributed by atoms with Crippen molar-refractivity contribution >= 4 is 50.7 Å². The number of fused-ring (bicyclic) bond motifs is 1. The highest BCUT2D eigenvalue weighted by Crippen LogP contribution is 2.39. The number of para-hydroxylation sites is 2. The molecule has 3 aromatic rings. The number of nitrogens with one attached hydrogen (secondary N) is 2. The molecule has 2 aliphatic heterocycles. The average Bonchev–Trinajstić information content (AvgIpc) is 3.30. The number of rotatable bonds is 8. The Hall–Kier alpha value is -3.90. The number of nitrogens with zero attached hydrogens (tertiary/aromatic N) is 3. The molecule has 1 atom stereocenters. The van der Waals surface area contributed by atoms with E-state index in [1.165, 1.54) is 0 Å². The molecule has 234 valence electrons. The molecule has 2 N–H and O–H groups in total. The van der Waals surface area contributed by atoms with Gasteiger partial charge in [0.15, 0.2) is 11.6 Å². The van der Waals surface area contributed by atoms with Crippen LogP contribution >= 0.6 is 11.6 Å². The third-order valence-electron chi connectivity index (χ3n) is 8.19. The van der Waals surface area contributed by atoms with Gasteiger partial charge in [-0.2, -0.15) is 0 Å². The van der Waals surface area contributed by atoms with Crippen molar-refractivity contribution in [3.63, 3.8) is 0 Å². The topological polar surface area (TPSA) is 142 Å². The van der Waals surface area contributed by atoms with E-state index in [9.17, 15) is 22.8 Å². The molecule has 0 radical (unpaired) electrons. The molecule has 3 heterocycles. The number of sulfonamides is 1. The first-order valence-electron chi connectivity index (χ1n) is 14.6. The van der Waals surface area contributed by atoms with Crippen LogP contribution in [-0.4, -0.2) is 61.7 Å². The maximum Gasteiger partial charge on any atom is 0.276 e. The molecule has 3 amide bonds. The van der Waals surface area contributed by atoms with Crippen LogP contribution < -0.4 is 14.9 Å². The van der Waals surface area contributed by atoms with E-state index in [0.29, 0.717) is 71.2 Å². The molecule has 1 saturated heterocycles. The molecule has 0 spiro atoms. The highest BCUT2D eigenvalue weighted by Gasteiger charge is 2.43. The lowest BCUT2D eigenvalue weighted by Crippen LogP contribution is -2.53. The van der Waals surface area contributed by atoms with Crippen LogP contribution in [0.5, 0.6) is 0 Å². The Bertz CT molecular complexity index is 1690. The van der Waals surface area contributed by atoms with Crippen LogP contribution in [0.2, 0.25) is 5.02 Å². The summed E-state index contributed by atoms with van der Waals surface area (Å²) < 4.78 is 34.8. The molecular formula is C31H36ClN5O6S. The molecule has 1 unspecified atom stereocenters. The quantitative estimate of drug-likeness (QED) is 0.368. The molecule has 2 aliphatic rings. The predicted octanol–water partition coefficient (Wildman–Crippen LogP) is 4.53. The molecule has 2 aromatic carbocycles. The lowest BCUT2D eigenvalue weighted by atomic mass is 9.93. The Morgan fingerprint density at radius 3 is 2.39 bits per heavy atom. The maximum absolute atomic E-state index is 14.2. The molecule has 0 aliphatic carbocycles. The van der Waals surface area contributed by atoms with Crippen molar-refractivity contribution in [2.24, 2.45) is 5.92 Å². The van der Waals surface area contributed by atoms with Gasteiger partial charge in [0.25, 0.3) is 15.9 Å². The highest BCUT2D eigenvalue weighted by molar-refractivity contribution is 7.93. The smallest absolute Gasteiger partial charge is 0.276 e. The average molecular weight is 642 g/mol. The SMILES string of the molecule is Cc1nc(C(=O)N2CCC(CCNC(=O)CC3C(=O)Nc4ccccc4N3S(=O)(=O)c3c(C)cc(Cl)cc3C)CC2)c(C)o1. The molecule has 1 fully saturated rings. The number of carbonyl (C=O) groups is 3. The molecule has 13 heteroatoms. The Balaban J connectivity index is 1.24. The fourth-order valence-corrected chi connectivity index (χ4v) is 8.48. The van der Waals surface area contributed by atoms with Crippen LogP contribution in [0, 0.1) is 33.6 Å². The van der Waals surface area contributed by atoms with E-state index in [0.717, 1.165) is 17.1 Å². The minimum absolute atomic E-state index is 0.0514. The minimum atomic E-state index is -4.26. The molecule has 0 saturated carbocycles. The van der Waals surface area contributed by atoms with Gasteiger partial charge in [-0.15, -0.1) is 0 Å². The van der Waals surface area contributed by atoms with Gasteiger partial charge < -0.3 is 20.0 Å². The molecule has 11 nitrogen and oxygen atoms in total. The summed E-state index contributed by atoms with van der Waals surface area (Å²) >= 11 is 6.17. The van der Waals surface area contributed by atoms with E-state index < -0.39 is 27.9 Å². The number of hydrogen-bond acceptors (Lipinski definition) is 7. The van der Waals surface area contributed by atoms with Crippen molar-refractivity contribution in [1.29, 1.82) is 0 Å². The number of carbonyl (C=O) groups excluding carboxylic acids is 3. The summed E-state index contributed by atoms with van der Waals surface area (Å²) in [6, 6.07) is 8.46. The van der Waals surface area contributed by atoms with Crippen molar-refractivity contribution in [1.82, 2.24) is 15.2 Å². The lowest BCUT2D eigenvalue weighted by molar-refractivity contribution is -0.125. The summed E-state index contributed by atoms with van der Waals surface area (Å²) in [6.45, 7) is 8.28. The fraction of sp³-hybridized carbons (Fsp3) is 0.419. The second-order valence-electron chi connectivity index (χ2n) is 11.4. The van der Waals surface area contributed by atoms with Gasteiger partial charge in [0.1, 0.15) is 11.8 Å². The van der Waals surface area contributed by atoms with Gasteiger partial charge >= 0.3 is 0 Å². The van der Waals surface area contributed by atoms with Gasteiger partial charge in [0.2, 0.25) is 11.8 Å². The second kappa shape index (κ2) is 12.6. The number of piperidine rings is 1. The summed E-state index contributed by atoms with van der Waals surface area (Å²) in [5, 5.41) is 6.04. The summed E-state index contributed by atoms with van der Waals surface area (Å²) in [5.74, 6) is 0.124. The normalized spacial score (nSPS) is 17.3. The van der Waals surface area contributed by atoms with Crippen LogP contribution in [0.4, 0.5) is 11.4 Å². The fourth-order valence-electron chi connectivity index (χ4n) is 6.10. The molecular weight excluding hydrogens is 606 g/mol. The van der Waals surface area contributed by atoms with Crippen molar-refractivity contribution in [2.75, 3.05) is 29.3 Å². The van der Waals surface area contributed by atoms with Gasteiger partial charge in [0.05, 0.1) is 22.7 Å². The maximum atomic E-state index is 14.2. The molecule has 0 bridgehead atoms. The first kappa shape index (κ1) is 31.5. The number of halogens is 1. The summed E-state index contributed by atoms with van der Waals surface area (Å²) in [4.78, 5) is 45.3. The van der Waals surface area contributed by atoms with Gasteiger partial charge in [-0.05, 0) is 81.3 Å². The van der Waals surface area contributed by atoms with E-state index in [1.54, 1.807) is 69.0 Å². The summed E-state index contributed by atoms with van der Waals surface area (Å²) in [7, 11) is -4.26. The second-order valence-corrected chi connectivity index (χ2v) is 13.6. The number of anilines is 2. The standard InChI is InChI=1S/C31H36ClN5O6S/c1-18-15-23(32)16-19(2)29(18)44(41,42)37-25-8-6-5-7-24(25)35-30(39)26(37)17-27(38)33-12-9-22-10-13-36(14-11-22)31(40)28-20(3)43-21(4)34-28/h5-8,15-16,22,26H,9-14,17H2,1-4H3,(H,33,38)(H,35,39). The van der Waals surface area contributed by atoms with Crippen molar-refractivity contribution < 1.29 is 27.2 Å². The zero-order valence-corrected chi connectivity index (χ0v) is 26.7. The van der Waals surface area contributed by atoms with E-state index in [2.05, 4.69) is 15.6 Å². The molecule has 1 aromatic heterocycles. The third kappa shape index (κ3) is 6.32. The van der Waals surface area contributed by atoms with Crippen molar-refractivity contribution in [3.8, 4) is 0 Å². The van der Waals surface area contributed by atoms with E-state index in [4.69, 9.17) is 16.0 Å². The zero-order valence-electron chi connectivity index (χ0n) is 25.1. The van der Waals surface area contributed by atoms with E-state index in [1.807, 2.05) is 0 Å². The molecule has 44 heavy (non-hydrogen) atoms. The minimum Gasteiger partial charge on any atom is -0.445 e. The Morgan fingerprint density at radius 1 is 1.09 bits per heavy atom. The monoisotopic (exact) mass is 641 g/mol. The van der Waals surface area contributed by atoms with Crippen LogP contribution in [0.3, 0.4) is 0 Å². The van der Waals surface area contributed by atoms with Gasteiger partial charge in [-0.25, -0.2) is 13.4 Å². The van der Waals surface area contributed by atoms with E-state index in [-0.39, 0.29) is 22.9 Å². The van der Waals surface area contributed by atoms with Gasteiger partial charge in [0, 0.05) is 31.6 Å². The number of oxazole rings is 1. The van der Waals surface area contributed by atoms with Crippen LogP contribution in [0.15, 0.2) is 45.7 Å². The number of amides is 3.